The van der Waals surface area contributed by atoms with Crippen molar-refractivity contribution in [2.24, 2.45) is 11.8 Å². The molecule has 176 valence electrons. The Bertz CT molecular complexity index is 1010. The molecule has 1 unspecified atom stereocenters. The van der Waals surface area contributed by atoms with Crippen LogP contribution in [0.2, 0.25) is 0 Å². The highest BCUT2D eigenvalue weighted by Gasteiger charge is 2.55. The number of aromatic nitrogens is 1. The summed E-state index contributed by atoms with van der Waals surface area (Å²) in [6.45, 7) is 7.30. The van der Waals surface area contributed by atoms with Gasteiger partial charge in [0.1, 0.15) is 5.54 Å². The minimum absolute atomic E-state index is 0.0387. The van der Waals surface area contributed by atoms with E-state index in [1.165, 1.54) is 11.2 Å². The molecule has 2 saturated heterocycles. The average molecular weight is 453 g/mol. The van der Waals surface area contributed by atoms with Gasteiger partial charge in [0.15, 0.2) is 5.76 Å². The molecule has 0 aliphatic carbocycles. The molecule has 33 heavy (non-hydrogen) atoms. The van der Waals surface area contributed by atoms with Gasteiger partial charge < -0.3 is 14.6 Å². The molecular formula is C25H32N4O4. The van der Waals surface area contributed by atoms with Gasteiger partial charge in [0, 0.05) is 24.8 Å². The summed E-state index contributed by atoms with van der Waals surface area (Å²) in [4.78, 5) is 46.9. The normalized spacial score (nSPS) is 21.7. The summed E-state index contributed by atoms with van der Waals surface area (Å²) in [5, 5.41) is 3.08. The van der Waals surface area contributed by atoms with Crippen molar-refractivity contribution in [3.8, 4) is 0 Å². The van der Waals surface area contributed by atoms with E-state index in [0.717, 1.165) is 12.0 Å². The Morgan fingerprint density at radius 1 is 1.24 bits per heavy atom. The largest absolute Gasteiger partial charge is 0.459 e. The number of aryl methyl sites for hydroxylation is 1. The molecule has 0 spiro atoms. The molecule has 2 aromatic heterocycles. The van der Waals surface area contributed by atoms with Crippen LogP contribution in [0.5, 0.6) is 0 Å². The molecule has 2 aliphatic heterocycles. The molecule has 2 aromatic rings. The summed E-state index contributed by atoms with van der Waals surface area (Å²) >= 11 is 0. The first-order chi connectivity index (χ1) is 15.8. The highest BCUT2D eigenvalue weighted by atomic mass is 16.3. The van der Waals surface area contributed by atoms with Crippen molar-refractivity contribution in [2.75, 3.05) is 13.1 Å². The van der Waals surface area contributed by atoms with Crippen LogP contribution in [0.1, 0.15) is 61.3 Å². The van der Waals surface area contributed by atoms with Gasteiger partial charge in [0.05, 0.1) is 18.5 Å². The zero-order valence-electron chi connectivity index (χ0n) is 19.5. The third-order valence-electron chi connectivity index (χ3n) is 6.90. The molecular weight excluding hydrogens is 420 g/mol. The van der Waals surface area contributed by atoms with Crippen LogP contribution in [-0.4, -0.2) is 51.3 Å². The number of nitrogens with zero attached hydrogens (tertiary/aromatic N) is 3. The number of hydrogen-bond donors (Lipinski definition) is 1. The Balaban J connectivity index is 1.51. The van der Waals surface area contributed by atoms with E-state index in [0.29, 0.717) is 49.7 Å². The fourth-order valence-corrected chi connectivity index (χ4v) is 4.92. The van der Waals surface area contributed by atoms with Crippen LogP contribution in [0.15, 0.2) is 41.1 Å². The van der Waals surface area contributed by atoms with Crippen molar-refractivity contribution >= 4 is 17.8 Å². The van der Waals surface area contributed by atoms with Crippen molar-refractivity contribution < 1.29 is 18.8 Å². The number of pyridine rings is 1. The monoisotopic (exact) mass is 452 g/mol. The van der Waals surface area contributed by atoms with Crippen molar-refractivity contribution in [2.45, 2.75) is 58.5 Å². The second kappa shape index (κ2) is 9.37. The lowest BCUT2D eigenvalue weighted by atomic mass is 9.73. The number of carbonyl (C=O) groups is 3. The Kier molecular flexibility index (Phi) is 6.54. The maximum Gasteiger partial charge on any atom is 0.325 e. The highest BCUT2D eigenvalue weighted by molar-refractivity contribution is 6.07. The molecule has 0 aromatic carbocycles. The van der Waals surface area contributed by atoms with Crippen LogP contribution in [0.4, 0.5) is 4.79 Å². The van der Waals surface area contributed by atoms with Crippen molar-refractivity contribution in [3.05, 3.63) is 53.7 Å². The summed E-state index contributed by atoms with van der Waals surface area (Å²) in [5.41, 5.74) is 0.556. The topological polar surface area (TPSA) is 95.8 Å². The van der Waals surface area contributed by atoms with Gasteiger partial charge in [0.25, 0.3) is 11.8 Å². The summed E-state index contributed by atoms with van der Waals surface area (Å²) in [6, 6.07) is 6.89. The number of piperidine rings is 1. The summed E-state index contributed by atoms with van der Waals surface area (Å²) < 4.78 is 5.38. The first-order valence-electron chi connectivity index (χ1n) is 11.7. The second-order valence-corrected chi connectivity index (χ2v) is 9.55. The van der Waals surface area contributed by atoms with Gasteiger partial charge >= 0.3 is 6.03 Å². The number of likely N-dealkylation sites (tertiary alicyclic amines) is 1. The third kappa shape index (κ3) is 4.51. The quantitative estimate of drug-likeness (QED) is 0.646. The number of imide groups is 1. The summed E-state index contributed by atoms with van der Waals surface area (Å²) in [5.74, 6) is 0.439. The number of nitrogens with one attached hydrogen (secondary N) is 1. The minimum atomic E-state index is -0.939. The van der Waals surface area contributed by atoms with E-state index in [2.05, 4.69) is 24.1 Å². The van der Waals surface area contributed by atoms with E-state index >= 15 is 0 Å². The van der Waals surface area contributed by atoms with Gasteiger partial charge in [-0.15, -0.1) is 0 Å². The van der Waals surface area contributed by atoms with E-state index < -0.39 is 5.54 Å². The maximum atomic E-state index is 13.7. The third-order valence-corrected chi connectivity index (χ3v) is 6.90. The molecule has 1 atom stereocenters. The predicted octanol–water partition coefficient (Wildman–Crippen LogP) is 3.76. The smallest absolute Gasteiger partial charge is 0.325 e. The van der Waals surface area contributed by atoms with Gasteiger partial charge in [0.2, 0.25) is 0 Å². The molecule has 8 nitrogen and oxygen atoms in total. The standard InChI is InChI=1S/C25H32N4O4/c1-17(2)7-11-25(23(31)29(24(32)27-25)16-20-6-4-5-12-26-20)19-8-13-28(14-9-19)22(30)21-18(3)10-15-33-21/h4-6,10,12,15,17,19H,7-9,11,13-14,16H2,1-3H3,(H,27,32). The van der Waals surface area contributed by atoms with Gasteiger partial charge in [-0.3, -0.25) is 19.5 Å². The molecule has 1 N–H and O–H groups in total. The van der Waals surface area contributed by atoms with Crippen LogP contribution in [-0.2, 0) is 11.3 Å². The number of hydrogen-bond acceptors (Lipinski definition) is 5. The van der Waals surface area contributed by atoms with E-state index in [1.54, 1.807) is 17.2 Å². The van der Waals surface area contributed by atoms with Gasteiger partial charge in [-0.25, -0.2) is 4.79 Å². The van der Waals surface area contributed by atoms with E-state index in [-0.39, 0.29) is 30.3 Å². The first-order valence-corrected chi connectivity index (χ1v) is 11.7. The number of amides is 4. The van der Waals surface area contributed by atoms with Crippen molar-refractivity contribution in [3.63, 3.8) is 0 Å². The number of furan rings is 1. The van der Waals surface area contributed by atoms with Crippen LogP contribution < -0.4 is 5.32 Å². The molecule has 8 heteroatoms. The Morgan fingerprint density at radius 2 is 2.00 bits per heavy atom. The molecule has 0 bridgehead atoms. The lowest BCUT2D eigenvalue weighted by Gasteiger charge is -2.41. The fourth-order valence-electron chi connectivity index (χ4n) is 4.92. The molecule has 0 saturated carbocycles. The van der Waals surface area contributed by atoms with E-state index in [4.69, 9.17) is 4.42 Å². The molecule has 4 amide bonds. The minimum Gasteiger partial charge on any atom is -0.459 e. The molecule has 4 heterocycles. The number of carbonyl (C=O) groups excluding carboxylic acids is 3. The molecule has 0 radical (unpaired) electrons. The highest BCUT2D eigenvalue weighted by Crippen LogP contribution is 2.38. The lowest BCUT2D eigenvalue weighted by Crippen LogP contribution is -2.56. The van der Waals surface area contributed by atoms with Gasteiger partial charge in [-0.1, -0.05) is 19.9 Å². The first kappa shape index (κ1) is 23.0. The van der Waals surface area contributed by atoms with Crippen LogP contribution in [0, 0.1) is 18.8 Å². The lowest BCUT2D eigenvalue weighted by molar-refractivity contribution is -0.134. The van der Waals surface area contributed by atoms with E-state index in [1.807, 2.05) is 25.1 Å². The SMILES string of the molecule is Cc1ccoc1C(=O)N1CCC(C2(CCC(C)C)NC(=O)N(Cc3ccccn3)C2=O)CC1. The van der Waals surface area contributed by atoms with Crippen molar-refractivity contribution in [1.29, 1.82) is 0 Å². The average Bonchev–Trinajstić information content (AvgIpc) is 3.35. The molecule has 2 aliphatic rings. The Hall–Kier alpha value is -3.16. The van der Waals surface area contributed by atoms with Crippen molar-refractivity contribution in [1.82, 2.24) is 20.1 Å². The van der Waals surface area contributed by atoms with Gasteiger partial charge in [-0.05, 0) is 62.6 Å². The zero-order chi connectivity index (χ0) is 23.6. The number of rotatable bonds is 7. The van der Waals surface area contributed by atoms with E-state index in [9.17, 15) is 14.4 Å². The second-order valence-electron chi connectivity index (χ2n) is 9.55. The molecule has 2 fully saturated rings. The maximum absolute atomic E-state index is 13.7. The Labute approximate surface area is 194 Å². The Morgan fingerprint density at radius 3 is 2.61 bits per heavy atom. The van der Waals surface area contributed by atoms with Crippen LogP contribution >= 0.6 is 0 Å². The molecule has 4 rings (SSSR count). The zero-order valence-corrected chi connectivity index (χ0v) is 19.5. The summed E-state index contributed by atoms with van der Waals surface area (Å²) in [7, 11) is 0. The van der Waals surface area contributed by atoms with Gasteiger partial charge in [-0.2, -0.15) is 0 Å². The fraction of sp³-hybridized carbons (Fsp3) is 0.520. The van der Waals surface area contributed by atoms with Crippen LogP contribution in [0.3, 0.4) is 0 Å². The predicted molar refractivity (Wildman–Crippen MR) is 122 cm³/mol. The number of urea groups is 1. The summed E-state index contributed by atoms with van der Waals surface area (Å²) in [6.07, 6.45) is 5.89. The van der Waals surface area contributed by atoms with Crippen LogP contribution in [0.25, 0.3) is 0 Å².